The molecule has 0 saturated carbocycles. The number of benzene rings is 2. The second-order valence-electron chi connectivity index (χ2n) is 4.21. The molecule has 0 radical (unpaired) electrons. The Morgan fingerprint density at radius 3 is 2.37 bits per heavy atom. The Morgan fingerprint density at radius 2 is 1.74 bits per heavy atom. The first-order valence-electron chi connectivity index (χ1n) is 5.57. The summed E-state index contributed by atoms with van der Waals surface area (Å²) in [5.74, 6) is -2.56. The highest BCUT2D eigenvalue weighted by Crippen LogP contribution is 2.31. The van der Waals surface area contributed by atoms with E-state index in [1.807, 2.05) is 0 Å². The summed E-state index contributed by atoms with van der Waals surface area (Å²) in [6.07, 6.45) is 0. The second-order valence-corrected chi connectivity index (χ2v) is 5.07. The molecule has 2 aromatic rings. The van der Waals surface area contributed by atoms with Crippen LogP contribution in [0.5, 0.6) is 0 Å². The summed E-state index contributed by atoms with van der Waals surface area (Å²) in [5, 5.41) is 0. The van der Waals surface area contributed by atoms with Gasteiger partial charge in [-0.1, -0.05) is 34.1 Å². The third-order valence-corrected chi connectivity index (χ3v) is 3.64. The minimum absolute atomic E-state index is 0.0751. The van der Waals surface area contributed by atoms with Gasteiger partial charge in [-0.3, -0.25) is 0 Å². The number of rotatable bonds is 2. The van der Waals surface area contributed by atoms with E-state index in [0.29, 0.717) is 4.47 Å². The molecule has 1 atom stereocenters. The van der Waals surface area contributed by atoms with Crippen molar-refractivity contribution in [3.05, 3.63) is 68.9 Å². The van der Waals surface area contributed by atoms with Crippen molar-refractivity contribution in [2.75, 3.05) is 0 Å². The van der Waals surface area contributed by atoms with Gasteiger partial charge in [0.2, 0.25) is 0 Å². The first-order valence-corrected chi connectivity index (χ1v) is 6.36. The largest absolute Gasteiger partial charge is 0.320 e. The summed E-state index contributed by atoms with van der Waals surface area (Å²) < 4.78 is 41.6. The number of hydrogen-bond donors (Lipinski definition) is 1. The van der Waals surface area contributed by atoms with E-state index in [2.05, 4.69) is 15.9 Å². The molecule has 0 aromatic heterocycles. The van der Waals surface area contributed by atoms with Crippen molar-refractivity contribution in [2.24, 2.45) is 5.73 Å². The van der Waals surface area contributed by atoms with E-state index >= 15 is 0 Å². The standard InChI is InChI=1S/C14H11BrF3N/c1-7-5-6-8(13(18)12(7)17)14(19)11-9(15)3-2-4-10(11)16/h2-6,14H,19H2,1H3. The van der Waals surface area contributed by atoms with Crippen LogP contribution in [0, 0.1) is 24.4 Å². The minimum atomic E-state index is -1.08. The maximum Gasteiger partial charge on any atom is 0.164 e. The highest BCUT2D eigenvalue weighted by atomic mass is 79.9. The highest BCUT2D eigenvalue weighted by molar-refractivity contribution is 9.10. The van der Waals surface area contributed by atoms with Crippen molar-refractivity contribution in [2.45, 2.75) is 13.0 Å². The molecule has 0 aliphatic rings. The molecule has 2 rings (SSSR count). The molecule has 5 heteroatoms. The van der Waals surface area contributed by atoms with Gasteiger partial charge < -0.3 is 5.73 Å². The van der Waals surface area contributed by atoms with Crippen LogP contribution in [0.25, 0.3) is 0 Å². The normalized spacial score (nSPS) is 12.5. The molecule has 0 saturated heterocycles. The molecule has 19 heavy (non-hydrogen) atoms. The van der Waals surface area contributed by atoms with Gasteiger partial charge in [-0.15, -0.1) is 0 Å². The van der Waals surface area contributed by atoms with Gasteiger partial charge in [0.15, 0.2) is 11.6 Å². The molecule has 0 amide bonds. The zero-order valence-corrected chi connectivity index (χ0v) is 11.6. The Bertz CT molecular complexity index is 608. The van der Waals surface area contributed by atoms with Gasteiger partial charge in [-0.25, -0.2) is 13.2 Å². The highest BCUT2D eigenvalue weighted by Gasteiger charge is 2.22. The van der Waals surface area contributed by atoms with E-state index < -0.39 is 23.5 Å². The van der Waals surface area contributed by atoms with Gasteiger partial charge in [0.25, 0.3) is 0 Å². The van der Waals surface area contributed by atoms with Gasteiger partial charge in [0.1, 0.15) is 5.82 Å². The van der Waals surface area contributed by atoms with Gasteiger partial charge in [0.05, 0.1) is 6.04 Å². The van der Waals surface area contributed by atoms with Crippen molar-refractivity contribution in [1.29, 1.82) is 0 Å². The van der Waals surface area contributed by atoms with Crippen molar-refractivity contribution in [3.63, 3.8) is 0 Å². The molecule has 100 valence electrons. The van der Waals surface area contributed by atoms with E-state index in [1.54, 1.807) is 6.07 Å². The second kappa shape index (κ2) is 5.35. The first kappa shape index (κ1) is 14.1. The maximum absolute atomic E-state index is 13.9. The molecule has 1 unspecified atom stereocenters. The lowest BCUT2D eigenvalue weighted by Crippen LogP contribution is -2.17. The van der Waals surface area contributed by atoms with Crippen LogP contribution in [0.3, 0.4) is 0 Å². The average molecular weight is 330 g/mol. The number of halogens is 4. The predicted octanol–water partition coefficient (Wildman–Crippen LogP) is 4.22. The Morgan fingerprint density at radius 1 is 1.05 bits per heavy atom. The van der Waals surface area contributed by atoms with Crippen LogP contribution < -0.4 is 5.73 Å². The first-order chi connectivity index (χ1) is 8.93. The zero-order chi connectivity index (χ0) is 14.2. The molecule has 0 aliphatic heterocycles. The molecule has 1 nitrogen and oxygen atoms in total. The molecule has 0 spiro atoms. The average Bonchev–Trinajstić information content (AvgIpc) is 2.35. The summed E-state index contributed by atoms with van der Waals surface area (Å²) in [5.41, 5.74) is 6.07. The van der Waals surface area contributed by atoms with Crippen molar-refractivity contribution >= 4 is 15.9 Å². The number of aryl methyl sites for hydroxylation is 1. The van der Waals surface area contributed by atoms with Gasteiger partial charge >= 0.3 is 0 Å². The Kier molecular flexibility index (Phi) is 3.96. The maximum atomic E-state index is 13.9. The van der Waals surface area contributed by atoms with Crippen LogP contribution in [0.1, 0.15) is 22.7 Å². The lowest BCUT2D eigenvalue weighted by Gasteiger charge is -2.16. The molecule has 2 N–H and O–H groups in total. The van der Waals surface area contributed by atoms with E-state index in [1.165, 1.54) is 31.2 Å². The van der Waals surface area contributed by atoms with Crippen LogP contribution >= 0.6 is 15.9 Å². The Hall–Kier alpha value is -1.33. The van der Waals surface area contributed by atoms with Crippen LogP contribution in [-0.2, 0) is 0 Å². The summed E-state index contributed by atoms with van der Waals surface area (Å²) in [6.45, 7) is 1.45. The SMILES string of the molecule is Cc1ccc(C(N)c2c(F)cccc2Br)c(F)c1F. The molecule has 0 aliphatic carbocycles. The van der Waals surface area contributed by atoms with Crippen molar-refractivity contribution < 1.29 is 13.2 Å². The van der Waals surface area contributed by atoms with Crippen LogP contribution in [-0.4, -0.2) is 0 Å². The minimum Gasteiger partial charge on any atom is -0.320 e. The van der Waals surface area contributed by atoms with Crippen LogP contribution in [0.15, 0.2) is 34.8 Å². The van der Waals surface area contributed by atoms with E-state index in [0.717, 1.165) is 0 Å². The predicted molar refractivity (Wildman–Crippen MR) is 71.2 cm³/mol. The fourth-order valence-electron chi connectivity index (χ4n) is 1.86. The third kappa shape index (κ3) is 2.53. The Labute approximate surface area is 117 Å². The molecular formula is C14H11BrF3N. The van der Waals surface area contributed by atoms with Crippen LogP contribution in [0.4, 0.5) is 13.2 Å². The lowest BCUT2D eigenvalue weighted by atomic mass is 9.97. The quantitative estimate of drug-likeness (QED) is 0.876. The third-order valence-electron chi connectivity index (χ3n) is 2.95. The summed E-state index contributed by atoms with van der Waals surface area (Å²) in [6, 6.07) is 6.04. The number of nitrogens with two attached hydrogens (primary N) is 1. The molecule has 0 heterocycles. The fraction of sp³-hybridized carbons (Fsp3) is 0.143. The summed E-state index contributed by atoms with van der Waals surface area (Å²) in [7, 11) is 0. The summed E-state index contributed by atoms with van der Waals surface area (Å²) in [4.78, 5) is 0. The van der Waals surface area contributed by atoms with Crippen molar-refractivity contribution in [1.82, 2.24) is 0 Å². The van der Waals surface area contributed by atoms with Crippen LogP contribution in [0.2, 0.25) is 0 Å². The molecule has 0 fully saturated rings. The number of hydrogen-bond acceptors (Lipinski definition) is 1. The molecule has 2 aromatic carbocycles. The lowest BCUT2D eigenvalue weighted by molar-refractivity contribution is 0.487. The van der Waals surface area contributed by atoms with Gasteiger partial charge in [-0.05, 0) is 24.6 Å². The van der Waals surface area contributed by atoms with Gasteiger partial charge in [-0.2, -0.15) is 0 Å². The van der Waals surface area contributed by atoms with E-state index in [4.69, 9.17) is 5.73 Å². The monoisotopic (exact) mass is 329 g/mol. The smallest absolute Gasteiger partial charge is 0.164 e. The van der Waals surface area contributed by atoms with Gasteiger partial charge in [0, 0.05) is 15.6 Å². The van der Waals surface area contributed by atoms with E-state index in [-0.39, 0.29) is 16.7 Å². The Balaban J connectivity index is 2.57. The van der Waals surface area contributed by atoms with Crippen molar-refractivity contribution in [3.8, 4) is 0 Å². The molecular weight excluding hydrogens is 319 g/mol. The van der Waals surface area contributed by atoms with E-state index in [9.17, 15) is 13.2 Å². The fourth-order valence-corrected chi connectivity index (χ4v) is 2.45. The topological polar surface area (TPSA) is 26.0 Å². The zero-order valence-electron chi connectivity index (χ0n) is 10.1. The molecule has 0 bridgehead atoms. The summed E-state index contributed by atoms with van der Waals surface area (Å²) >= 11 is 3.17.